The van der Waals surface area contributed by atoms with Crippen molar-refractivity contribution < 1.29 is 13.9 Å². The Morgan fingerprint density at radius 2 is 1.83 bits per heavy atom. The predicted octanol–water partition coefficient (Wildman–Crippen LogP) is 2.07. The summed E-state index contributed by atoms with van der Waals surface area (Å²) in [5.74, 6) is -1.48. The Balaban J connectivity index is 2.68. The van der Waals surface area contributed by atoms with Gasteiger partial charge in [0.25, 0.3) is 0 Å². The first kappa shape index (κ1) is 12.4. The molecule has 0 aromatic heterocycles. The summed E-state index contributed by atoms with van der Waals surface area (Å²) in [6, 6.07) is 12.1. The normalized spacial score (nSPS) is 10.1. The summed E-state index contributed by atoms with van der Waals surface area (Å²) in [6.07, 6.45) is 0. The number of esters is 1. The highest BCUT2D eigenvalue weighted by Crippen LogP contribution is 2.25. The first-order valence-electron chi connectivity index (χ1n) is 5.37. The summed E-state index contributed by atoms with van der Waals surface area (Å²) in [6.45, 7) is 0. The van der Waals surface area contributed by atoms with Crippen LogP contribution in [0, 0.1) is 5.82 Å². The molecule has 0 amide bonds. The minimum absolute atomic E-state index is 0.0740. The zero-order chi connectivity index (χ0) is 13.1. The summed E-state index contributed by atoms with van der Waals surface area (Å²) >= 11 is 0. The van der Waals surface area contributed by atoms with E-state index in [1.54, 1.807) is 18.2 Å². The van der Waals surface area contributed by atoms with E-state index in [1.807, 2.05) is 18.2 Å². The molecule has 0 atom stereocenters. The third-order valence-electron chi connectivity index (χ3n) is 2.65. The first-order chi connectivity index (χ1) is 8.65. The van der Waals surface area contributed by atoms with E-state index in [-0.39, 0.29) is 11.0 Å². The van der Waals surface area contributed by atoms with Crippen LogP contribution in [0.25, 0.3) is 11.1 Å². The Bertz CT molecular complexity index is 582. The fourth-order valence-corrected chi connectivity index (χ4v) is 1.75. The minimum atomic E-state index is -0.747. The molecular weight excluding hydrogens is 230 g/mol. The first-order valence-corrected chi connectivity index (χ1v) is 5.37. The van der Waals surface area contributed by atoms with Crippen molar-refractivity contribution >= 4 is 19.3 Å². The summed E-state index contributed by atoms with van der Waals surface area (Å²) in [7, 11) is 6.69. The van der Waals surface area contributed by atoms with Crippen LogP contribution in [-0.2, 0) is 4.74 Å². The molecule has 88 valence electrons. The van der Waals surface area contributed by atoms with E-state index in [2.05, 4.69) is 4.74 Å². The van der Waals surface area contributed by atoms with Crippen LogP contribution in [-0.4, -0.2) is 20.9 Å². The third kappa shape index (κ3) is 2.14. The standard InChI is InChI=1S/C14H10BFO2/c1-18-14(17)12-10(7-8-11(15)13(12)16)9-5-3-2-4-6-9/h2-8H,1H3. The van der Waals surface area contributed by atoms with E-state index < -0.39 is 11.8 Å². The van der Waals surface area contributed by atoms with Crippen molar-refractivity contribution in [3.8, 4) is 11.1 Å². The number of methoxy groups -OCH3 is 1. The van der Waals surface area contributed by atoms with Crippen molar-refractivity contribution in [3.63, 3.8) is 0 Å². The molecule has 0 fully saturated rings. The highest BCUT2D eigenvalue weighted by Gasteiger charge is 2.19. The summed E-state index contributed by atoms with van der Waals surface area (Å²) in [5.41, 5.74) is 0.990. The molecule has 2 rings (SSSR count). The van der Waals surface area contributed by atoms with Crippen LogP contribution in [0.3, 0.4) is 0 Å². The van der Waals surface area contributed by atoms with Crippen molar-refractivity contribution in [1.29, 1.82) is 0 Å². The van der Waals surface area contributed by atoms with Gasteiger partial charge in [-0.05, 0) is 11.1 Å². The Labute approximate surface area is 106 Å². The van der Waals surface area contributed by atoms with E-state index in [1.165, 1.54) is 13.2 Å². The highest BCUT2D eigenvalue weighted by atomic mass is 19.1. The molecule has 2 aromatic rings. The van der Waals surface area contributed by atoms with Crippen molar-refractivity contribution in [2.24, 2.45) is 0 Å². The number of carbonyl (C=O) groups is 1. The van der Waals surface area contributed by atoms with Gasteiger partial charge in [-0.3, -0.25) is 0 Å². The topological polar surface area (TPSA) is 26.3 Å². The Kier molecular flexibility index (Phi) is 3.46. The average Bonchev–Trinajstić information content (AvgIpc) is 2.42. The number of hydrogen-bond donors (Lipinski definition) is 0. The summed E-state index contributed by atoms with van der Waals surface area (Å²) in [5, 5.41) is 0. The van der Waals surface area contributed by atoms with Gasteiger partial charge in [0.2, 0.25) is 0 Å². The Morgan fingerprint density at radius 3 is 2.44 bits per heavy atom. The van der Waals surface area contributed by atoms with Crippen LogP contribution in [0.15, 0.2) is 42.5 Å². The van der Waals surface area contributed by atoms with E-state index in [0.29, 0.717) is 5.56 Å². The summed E-state index contributed by atoms with van der Waals surface area (Å²) in [4.78, 5) is 11.7. The number of rotatable bonds is 2. The number of carbonyl (C=O) groups excluding carboxylic acids is 1. The van der Waals surface area contributed by atoms with Gasteiger partial charge >= 0.3 is 5.97 Å². The molecule has 4 heteroatoms. The molecule has 0 saturated carbocycles. The zero-order valence-corrected chi connectivity index (χ0v) is 9.81. The number of halogens is 1. The van der Waals surface area contributed by atoms with Crippen LogP contribution in [0.4, 0.5) is 4.39 Å². The van der Waals surface area contributed by atoms with Gasteiger partial charge in [0, 0.05) is 0 Å². The van der Waals surface area contributed by atoms with Gasteiger partial charge in [0.15, 0.2) is 0 Å². The van der Waals surface area contributed by atoms with Gasteiger partial charge < -0.3 is 4.74 Å². The number of benzene rings is 2. The zero-order valence-electron chi connectivity index (χ0n) is 9.81. The maximum Gasteiger partial charge on any atom is 0.341 e. The maximum atomic E-state index is 14.0. The molecule has 0 heterocycles. The fourth-order valence-electron chi connectivity index (χ4n) is 1.75. The minimum Gasteiger partial charge on any atom is -0.465 e. The predicted molar refractivity (Wildman–Crippen MR) is 68.6 cm³/mol. The van der Waals surface area contributed by atoms with Crippen molar-refractivity contribution in [2.45, 2.75) is 0 Å². The smallest absolute Gasteiger partial charge is 0.341 e. The second-order valence-electron chi connectivity index (χ2n) is 3.75. The molecule has 0 aliphatic rings. The Morgan fingerprint density at radius 1 is 1.17 bits per heavy atom. The van der Waals surface area contributed by atoms with Gasteiger partial charge in [-0.25, -0.2) is 9.18 Å². The molecule has 18 heavy (non-hydrogen) atoms. The van der Waals surface area contributed by atoms with Gasteiger partial charge in [0.05, 0.1) is 7.11 Å². The molecule has 2 radical (unpaired) electrons. The molecule has 0 saturated heterocycles. The average molecular weight is 240 g/mol. The molecule has 0 spiro atoms. The quantitative estimate of drug-likeness (QED) is 0.593. The number of ether oxygens (including phenoxy) is 1. The lowest BCUT2D eigenvalue weighted by Gasteiger charge is -2.11. The molecule has 0 aliphatic carbocycles. The van der Waals surface area contributed by atoms with E-state index in [9.17, 15) is 9.18 Å². The molecule has 2 aromatic carbocycles. The molecule has 2 nitrogen and oxygen atoms in total. The van der Waals surface area contributed by atoms with Crippen LogP contribution < -0.4 is 5.46 Å². The van der Waals surface area contributed by atoms with Crippen LogP contribution >= 0.6 is 0 Å². The second kappa shape index (κ2) is 5.04. The third-order valence-corrected chi connectivity index (χ3v) is 2.65. The molecule has 0 aliphatic heterocycles. The molecular formula is C14H10BFO2. The van der Waals surface area contributed by atoms with Gasteiger partial charge in [0.1, 0.15) is 19.2 Å². The fraction of sp³-hybridized carbons (Fsp3) is 0.0714. The monoisotopic (exact) mass is 240 g/mol. The van der Waals surface area contributed by atoms with E-state index in [4.69, 9.17) is 7.85 Å². The largest absolute Gasteiger partial charge is 0.465 e. The lowest BCUT2D eigenvalue weighted by Crippen LogP contribution is -2.17. The molecule has 0 bridgehead atoms. The lowest BCUT2D eigenvalue weighted by atomic mass is 9.89. The second-order valence-corrected chi connectivity index (χ2v) is 3.75. The van der Waals surface area contributed by atoms with Crippen LogP contribution in [0.5, 0.6) is 0 Å². The number of hydrogen-bond acceptors (Lipinski definition) is 2. The van der Waals surface area contributed by atoms with Crippen LogP contribution in [0.2, 0.25) is 0 Å². The molecule has 0 N–H and O–H groups in total. The lowest BCUT2D eigenvalue weighted by molar-refractivity contribution is 0.0596. The maximum absolute atomic E-state index is 14.0. The SMILES string of the molecule is [B]c1ccc(-c2ccccc2)c(C(=O)OC)c1F. The van der Waals surface area contributed by atoms with E-state index >= 15 is 0 Å². The van der Waals surface area contributed by atoms with E-state index in [0.717, 1.165) is 5.56 Å². The summed E-state index contributed by atoms with van der Waals surface area (Å²) < 4.78 is 18.6. The van der Waals surface area contributed by atoms with Crippen molar-refractivity contribution in [2.75, 3.05) is 7.11 Å². The van der Waals surface area contributed by atoms with Crippen molar-refractivity contribution in [3.05, 3.63) is 53.8 Å². The molecule has 0 unspecified atom stereocenters. The van der Waals surface area contributed by atoms with Gasteiger partial charge in [-0.15, -0.1) is 0 Å². The Hall–Kier alpha value is -2.10. The van der Waals surface area contributed by atoms with Crippen molar-refractivity contribution in [1.82, 2.24) is 0 Å². The van der Waals surface area contributed by atoms with Crippen LogP contribution in [0.1, 0.15) is 10.4 Å². The van der Waals surface area contributed by atoms with Gasteiger partial charge in [-0.2, -0.15) is 0 Å². The highest BCUT2D eigenvalue weighted by molar-refractivity contribution is 6.33. The van der Waals surface area contributed by atoms with Gasteiger partial charge in [-0.1, -0.05) is 47.9 Å².